The normalized spacial score (nSPS) is 25.1. The van der Waals surface area contributed by atoms with Gasteiger partial charge in [-0.2, -0.15) is 0 Å². The first kappa shape index (κ1) is 21.9. The van der Waals surface area contributed by atoms with Crippen LogP contribution in [0.15, 0.2) is 18.2 Å². The predicted molar refractivity (Wildman–Crippen MR) is 111 cm³/mol. The van der Waals surface area contributed by atoms with Crippen molar-refractivity contribution in [3.63, 3.8) is 0 Å². The summed E-state index contributed by atoms with van der Waals surface area (Å²) in [7, 11) is 1.08. The Kier molecular flexibility index (Phi) is 6.17. The van der Waals surface area contributed by atoms with E-state index in [2.05, 4.69) is 5.32 Å². The maximum absolute atomic E-state index is 12.4. The maximum atomic E-state index is 12.4. The van der Waals surface area contributed by atoms with E-state index >= 15 is 0 Å². The zero-order valence-electron chi connectivity index (χ0n) is 18.3. The van der Waals surface area contributed by atoms with Gasteiger partial charge in [0.15, 0.2) is 18.1 Å². The molecule has 2 aliphatic rings. The number of hydrogen-bond acceptors (Lipinski definition) is 6. The van der Waals surface area contributed by atoms with Crippen LogP contribution in [-0.2, 0) is 18.8 Å². The van der Waals surface area contributed by atoms with E-state index in [1.54, 1.807) is 13.2 Å². The number of methoxy groups -OCH3 is 1. The third kappa shape index (κ3) is 4.54. The van der Waals surface area contributed by atoms with Crippen molar-refractivity contribution in [3.8, 4) is 11.5 Å². The van der Waals surface area contributed by atoms with Crippen molar-refractivity contribution in [2.45, 2.75) is 64.2 Å². The Balaban J connectivity index is 1.64. The molecule has 0 saturated carbocycles. The molecule has 1 N–H and O–H groups in total. The van der Waals surface area contributed by atoms with E-state index in [0.29, 0.717) is 24.7 Å². The lowest BCUT2D eigenvalue weighted by molar-refractivity contribution is -0.125. The van der Waals surface area contributed by atoms with Gasteiger partial charge in [-0.1, -0.05) is 13.0 Å². The summed E-state index contributed by atoms with van der Waals surface area (Å²) in [5, 5.41) is 3.05. The lowest BCUT2D eigenvalue weighted by Gasteiger charge is -2.32. The molecule has 8 heteroatoms. The van der Waals surface area contributed by atoms with Crippen LogP contribution in [0.5, 0.6) is 11.5 Å². The number of amides is 1. The van der Waals surface area contributed by atoms with Crippen LogP contribution in [0.2, 0.25) is 0 Å². The fourth-order valence-corrected chi connectivity index (χ4v) is 3.48. The van der Waals surface area contributed by atoms with E-state index in [1.807, 2.05) is 46.8 Å². The molecule has 3 rings (SSSR count). The van der Waals surface area contributed by atoms with Crippen LogP contribution >= 0.6 is 0 Å². The second kappa shape index (κ2) is 8.16. The minimum Gasteiger partial charge on any atom is -0.493 e. The Morgan fingerprint density at radius 2 is 1.86 bits per heavy atom. The van der Waals surface area contributed by atoms with Crippen molar-refractivity contribution in [1.29, 1.82) is 0 Å². The Labute approximate surface area is 173 Å². The van der Waals surface area contributed by atoms with Gasteiger partial charge in [0.25, 0.3) is 5.91 Å². The van der Waals surface area contributed by atoms with Crippen LogP contribution in [0.1, 0.15) is 47.5 Å². The fraction of sp³-hybridized carbons (Fsp3) is 0.667. The summed E-state index contributed by atoms with van der Waals surface area (Å²) in [6, 6.07) is 5.48. The standard InChI is InChI=1S/C21H32BNO6/c1-7-21(10-11-26-14-21)23-18(24)13-27-16-9-8-15(12-17(16)25-6)22-28-19(2,3)20(4,5)29-22/h8-9,12H,7,10-11,13-14H2,1-6H3,(H,23,24). The molecule has 1 unspecified atom stereocenters. The van der Waals surface area contributed by atoms with Crippen LogP contribution in [-0.4, -0.2) is 56.7 Å². The highest BCUT2D eigenvalue weighted by atomic mass is 16.7. The Morgan fingerprint density at radius 3 is 2.41 bits per heavy atom. The van der Waals surface area contributed by atoms with Gasteiger partial charge < -0.3 is 28.8 Å². The number of rotatable bonds is 7. The SMILES string of the molecule is CCC1(NC(=O)COc2ccc(B3OC(C)(C)C(C)(C)O3)cc2OC)CCOC1. The molecule has 0 aromatic heterocycles. The van der Waals surface area contributed by atoms with E-state index in [9.17, 15) is 4.79 Å². The average molecular weight is 405 g/mol. The summed E-state index contributed by atoms with van der Waals surface area (Å²) >= 11 is 0. The van der Waals surface area contributed by atoms with E-state index in [1.165, 1.54) is 0 Å². The monoisotopic (exact) mass is 405 g/mol. The number of carbonyl (C=O) groups excluding carboxylic acids is 1. The van der Waals surface area contributed by atoms with Gasteiger partial charge in [-0.25, -0.2) is 0 Å². The molecule has 0 aliphatic carbocycles. The van der Waals surface area contributed by atoms with E-state index in [-0.39, 0.29) is 18.1 Å². The maximum Gasteiger partial charge on any atom is 0.494 e. The largest absolute Gasteiger partial charge is 0.494 e. The van der Waals surface area contributed by atoms with Gasteiger partial charge in [0.2, 0.25) is 0 Å². The van der Waals surface area contributed by atoms with Crippen molar-refractivity contribution in [2.24, 2.45) is 0 Å². The highest BCUT2D eigenvalue weighted by Crippen LogP contribution is 2.37. The molecule has 2 fully saturated rings. The Bertz CT molecular complexity index is 729. The summed E-state index contributed by atoms with van der Waals surface area (Å²) in [5.74, 6) is 0.852. The van der Waals surface area contributed by atoms with E-state index < -0.39 is 18.3 Å². The molecule has 0 bridgehead atoms. The lowest BCUT2D eigenvalue weighted by Crippen LogP contribution is -2.50. The average Bonchev–Trinajstić information content (AvgIpc) is 3.22. The molecule has 1 amide bonds. The quantitative estimate of drug-likeness (QED) is 0.700. The highest BCUT2D eigenvalue weighted by molar-refractivity contribution is 6.62. The topological polar surface area (TPSA) is 75.3 Å². The number of hydrogen-bond donors (Lipinski definition) is 1. The van der Waals surface area contributed by atoms with Gasteiger partial charge >= 0.3 is 7.12 Å². The Hall–Kier alpha value is -1.77. The van der Waals surface area contributed by atoms with Crippen LogP contribution < -0.4 is 20.3 Å². The third-order valence-electron chi connectivity index (χ3n) is 6.26. The molecule has 2 heterocycles. The number of nitrogens with one attached hydrogen (secondary N) is 1. The summed E-state index contributed by atoms with van der Waals surface area (Å²) in [4.78, 5) is 12.4. The van der Waals surface area contributed by atoms with E-state index in [0.717, 1.165) is 18.3 Å². The molecule has 7 nitrogen and oxygen atoms in total. The number of benzene rings is 1. The van der Waals surface area contributed by atoms with Gasteiger partial charge in [-0.15, -0.1) is 0 Å². The summed E-state index contributed by atoms with van der Waals surface area (Å²) in [5.41, 5.74) is -0.287. The molecular formula is C21H32BNO6. The van der Waals surface area contributed by atoms with E-state index in [4.69, 9.17) is 23.5 Å². The summed E-state index contributed by atoms with van der Waals surface area (Å²) in [6.45, 7) is 11.2. The van der Waals surface area contributed by atoms with Gasteiger partial charge in [-0.3, -0.25) is 4.79 Å². The fourth-order valence-electron chi connectivity index (χ4n) is 3.48. The van der Waals surface area contributed by atoms with Crippen LogP contribution in [0.25, 0.3) is 0 Å². The molecule has 0 spiro atoms. The van der Waals surface area contributed by atoms with Crippen molar-refractivity contribution in [3.05, 3.63) is 18.2 Å². The van der Waals surface area contributed by atoms with Crippen molar-refractivity contribution in [2.75, 3.05) is 26.9 Å². The first-order chi connectivity index (χ1) is 13.6. The number of carbonyl (C=O) groups is 1. The lowest BCUT2D eigenvalue weighted by atomic mass is 9.79. The van der Waals surface area contributed by atoms with Crippen LogP contribution in [0.3, 0.4) is 0 Å². The molecule has 1 aromatic rings. The highest BCUT2D eigenvalue weighted by Gasteiger charge is 2.51. The first-order valence-electron chi connectivity index (χ1n) is 10.2. The molecular weight excluding hydrogens is 373 g/mol. The van der Waals surface area contributed by atoms with Crippen LogP contribution in [0.4, 0.5) is 0 Å². The summed E-state index contributed by atoms with van der Waals surface area (Å²) < 4.78 is 28.8. The molecule has 0 radical (unpaired) electrons. The minimum atomic E-state index is -0.488. The molecule has 2 saturated heterocycles. The molecule has 1 atom stereocenters. The smallest absolute Gasteiger partial charge is 0.493 e. The predicted octanol–water partition coefficient (Wildman–Crippen LogP) is 2.06. The van der Waals surface area contributed by atoms with Gasteiger partial charge in [0, 0.05) is 6.61 Å². The van der Waals surface area contributed by atoms with Crippen molar-refractivity contribution in [1.82, 2.24) is 5.32 Å². The second-order valence-electron chi connectivity index (χ2n) is 8.77. The molecule has 2 aliphatic heterocycles. The van der Waals surface area contributed by atoms with Crippen molar-refractivity contribution >= 4 is 18.5 Å². The van der Waals surface area contributed by atoms with Crippen LogP contribution in [0, 0.1) is 0 Å². The molecule has 1 aromatic carbocycles. The second-order valence-corrected chi connectivity index (χ2v) is 8.77. The van der Waals surface area contributed by atoms with Gasteiger partial charge in [0.1, 0.15) is 0 Å². The zero-order chi connectivity index (χ0) is 21.3. The van der Waals surface area contributed by atoms with Gasteiger partial charge in [0.05, 0.1) is 30.5 Å². The zero-order valence-corrected chi connectivity index (χ0v) is 18.3. The molecule has 160 valence electrons. The minimum absolute atomic E-state index is 0.0893. The van der Waals surface area contributed by atoms with Crippen molar-refractivity contribution < 1.29 is 28.3 Å². The third-order valence-corrected chi connectivity index (χ3v) is 6.26. The first-order valence-corrected chi connectivity index (χ1v) is 10.2. The Morgan fingerprint density at radius 1 is 1.17 bits per heavy atom. The van der Waals surface area contributed by atoms with Gasteiger partial charge in [-0.05, 0) is 58.1 Å². The summed E-state index contributed by atoms with van der Waals surface area (Å²) in [6.07, 6.45) is 1.65. The number of ether oxygens (including phenoxy) is 3. The molecule has 29 heavy (non-hydrogen) atoms.